The van der Waals surface area contributed by atoms with Crippen molar-refractivity contribution in [2.75, 3.05) is 6.54 Å². The van der Waals surface area contributed by atoms with E-state index in [2.05, 4.69) is 20.8 Å². The predicted octanol–water partition coefficient (Wildman–Crippen LogP) is 0.503. The number of rotatable bonds is 6. The second-order valence-electron chi connectivity index (χ2n) is 4.71. The van der Waals surface area contributed by atoms with Gasteiger partial charge in [-0.25, -0.2) is 4.68 Å². The number of carbonyl (C=O) groups excluding carboxylic acids is 1. The molecule has 1 aromatic carbocycles. The Morgan fingerprint density at radius 2 is 2.05 bits per heavy atom. The zero-order valence-corrected chi connectivity index (χ0v) is 11.4. The SMILES string of the molecule is CC(CNC(=O)c1ccc(-n2cnnn2)cc1)CC(=O)O. The lowest BCUT2D eigenvalue weighted by Gasteiger charge is -2.10. The van der Waals surface area contributed by atoms with Gasteiger partial charge in [0, 0.05) is 18.5 Å². The van der Waals surface area contributed by atoms with Gasteiger partial charge in [0.1, 0.15) is 6.33 Å². The van der Waals surface area contributed by atoms with Gasteiger partial charge in [0.25, 0.3) is 5.91 Å². The Hall–Kier alpha value is -2.77. The van der Waals surface area contributed by atoms with Crippen molar-refractivity contribution in [3.8, 4) is 5.69 Å². The van der Waals surface area contributed by atoms with Gasteiger partial charge in [-0.15, -0.1) is 5.10 Å². The van der Waals surface area contributed by atoms with Gasteiger partial charge in [-0.3, -0.25) is 9.59 Å². The minimum atomic E-state index is -0.873. The van der Waals surface area contributed by atoms with Crippen LogP contribution in [0, 0.1) is 5.92 Å². The molecule has 2 rings (SSSR count). The van der Waals surface area contributed by atoms with E-state index in [0.717, 1.165) is 5.69 Å². The molecular formula is C13H15N5O3. The summed E-state index contributed by atoms with van der Waals surface area (Å²) >= 11 is 0. The number of carboxylic acids is 1. The van der Waals surface area contributed by atoms with Crippen molar-refractivity contribution < 1.29 is 14.7 Å². The quantitative estimate of drug-likeness (QED) is 0.801. The number of aromatic nitrogens is 4. The molecule has 0 aliphatic carbocycles. The van der Waals surface area contributed by atoms with E-state index in [9.17, 15) is 9.59 Å². The van der Waals surface area contributed by atoms with Gasteiger partial charge < -0.3 is 10.4 Å². The van der Waals surface area contributed by atoms with E-state index < -0.39 is 5.97 Å². The third-order valence-corrected chi connectivity index (χ3v) is 2.88. The van der Waals surface area contributed by atoms with Crippen molar-refractivity contribution in [1.82, 2.24) is 25.5 Å². The first-order valence-corrected chi connectivity index (χ1v) is 6.39. The lowest BCUT2D eigenvalue weighted by atomic mass is 10.1. The van der Waals surface area contributed by atoms with Crippen molar-refractivity contribution in [3.05, 3.63) is 36.2 Å². The Morgan fingerprint density at radius 3 is 2.62 bits per heavy atom. The number of aliphatic carboxylic acids is 1. The van der Waals surface area contributed by atoms with E-state index in [4.69, 9.17) is 5.11 Å². The van der Waals surface area contributed by atoms with Crippen LogP contribution >= 0.6 is 0 Å². The highest BCUT2D eigenvalue weighted by Crippen LogP contribution is 2.08. The summed E-state index contributed by atoms with van der Waals surface area (Å²) in [5.41, 5.74) is 1.24. The second kappa shape index (κ2) is 6.60. The normalized spacial score (nSPS) is 11.9. The molecule has 1 aromatic heterocycles. The minimum Gasteiger partial charge on any atom is -0.481 e. The number of tetrazole rings is 1. The highest BCUT2D eigenvalue weighted by molar-refractivity contribution is 5.94. The Balaban J connectivity index is 1.92. The largest absolute Gasteiger partial charge is 0.481 e. The Kier molecular flexibility index (Phi) is 4.60. The first kappa shape index (κ1) is 14.6. The molecule has 0 saturated carbocycles. The summed E-state index contributed by atoms with van der Waals surface area (Å²) in [5.74, 6) is -1.23. The van der Waals surface area contributed by atoms with Crippen LogP contribution in [0.4, 0.5) is 0 Å². The van der Waals surface area contributed by atoms with Crippen molar-refractivity contribution >= 4 is 11.9 Å². The zero-order valence-electron chi connectivity index (χ0n) is 11.4. The van der Waals surface area contributed by atoms with Crippen molar-refractivity contribution in [2.45, 2.75) is 13.3 Å². The van der Waals surface area contributed by atoms with E-state index >= 15 is 0 Å². The molecule has 8 heteroatoms. The Morgan fingerprint density at radius 1 is 1.33 bits per heavy atom. The monoisotopic (exact) mass is 289 g/mol. The minimum absolute atomic E-state index is 0.0263. The van der Waals surface area contributed by atoms with E-state index in [1.807, 2.05) is 0 Å². The Bertz CT molecular complexity index is 609. The lowest BCUT2D eigenvalue weighted by molar-refractivity contribution is -0.137. The summed E-state index contributed by atoms with van der Waals surface area (Å²) in [6.45, 7) is 2.09. The molecule has 1 amide bonds. The van der Waals surface area contributed by atoms with Crippen LogP contribution in [0.1, 0.15) is 23.7 Å². The molecule has 8 nitrogen and oxygen atoms in total. The van der Waals surface area contributed by atoms with Crippen LogP contribution in [-0.2, 0) is 4.79 Å². The molecule has 1 heterocycles. The molecule has 0 aliphatic rings. The molecule has 2 N–H and O–H groups in total. The number of nitrogens with one attached hydrogen (secondary N) is 1. The third-order valence-electron chi connectivity index (χ3n) is 2.88. The van der Waals surface area contributed by atoms with E-state index in [1.165, 1.54) is 11.0 Å². The first-order chi connectivity index (χ1) is 10.1. The van der Waals surface area contributed by atoms with Gasteiger partial charge >= 0.3 is 5.97 Å². The molecule has 1 atom stereocenters. The van der Waals surface area contributed by atoms with Gasteiger partial charge in [0.15, 0.2) is 0 Å². The summed E-state index contributed by atoms with van der Waals surface area (Å²) in [7, 11) is 0. The van der Waals surface area contributed by atoms with Crippen LogP contribution in [0.5, 0.6) is 0 Å². The molecule has 0 radical (unpaired) electrons. The fraction of sp³-hybridized carbons (Fsp3) is 0.308. The van der Waals surface area contributed by atoms with E-state index in [-0.39, 0.29) is 18.2 Å². The van der Waals surface area contributed by atoms with Gasteiger partial charge in [-0.1, -0.05) is 6.92 Å². The smallest absolute Gasteiger partial charge is 0.303 e. The maximum atomic E-state index is 11.9. The van der Waals surface area contributed by atoms with Crippen molar-refractivity contribution in [2.24, 2.45) is 5.92 Å². The fourth-order valence-electron chi connectivity index (χ4n) is 1.78. The summed E-state index contributed by atoms with van der Waals surface area (Å²) in [6.07, 6.45) is 1.49. The van der Waals surface area contributed by atoms with Crippen molar-refractivity contribution in [1.29, 1.82) is 0 Å². The van der Waals surface area contributed by atoms with E-state index in [0.29, 0.717) is 12.1 Å². The highest BCUT2D eigenvalue weighted by Gasteiger charge is 2.11. The van der Waals surface area contributed by atoms with Gasteiger partial charge in [0.2, 0.25) is 0 Å². The number of carboxylic acid groups (broad SMARTS) is 1. The third kappa shape index (κ3) is 4.10. The number of carbonyl (C=O) groups is 2. The molecule has 110 valence electrons. The summed E-state index contributed by atoms with van der Waals surface area (Å²) in [5, 5.41) is 22.2. The molecule has 1 unspecified atom stereocenters. The maximum Gasteiger partial charge on any atom is 0.303 e. The standard InChI is InChI=1S/C13H15N5O3/c1-9(6-12(19)20)7-14-13(21)10-2-4-11(5-3-10)18-8-15-16-17-18/h2-5,8-9H,6-7H2,1H3,(H,14,21)(H,19,20). The molecule has 0 aliphatic heterocycles. The predicted molar refractivity (Wildman–Crippen MR) is 72.9 cm³/mol. The summed E-state index contributed by atoms with van der Waals surface area (Å²) in [4.78, 5) is 22.5. The summed E-state index contributed by atoms with van der Waals surface area (Å²) < 4.78 is 1.48. The number of benzene rings is 1. The number of hydrogen-bond acceptors (Lipinski definition) is 5. The average Bonchev–Trinajstić information content (AvgIpc) is 2.98. The van der Waals surface area contributed by atoms with Gasteiger partial charge in [-0.05, 0) is 40.6 Å². The van der Waals surface area contributed by atoms with Gasteiger partial charge in [-0.2, -0.15) is 0 Å². The molecule has 2 aromatic rings. The topological polar surface area (TPSA) is 110 Å². The van der Waals surface area contributed by atoms with Gasteiger partial charge in [0.05, 0.1) is 5.69 Å². The summed E-state index contributed by atoms with van der Waals surface area (Å²) in [6, 6.07) is 6.78. The fourth-order valence-corrected chi connectivity index (χ4v) is 1.78. The average molecular weight is 289 g/mol. The van der Waals surface area contributed by atoms with Crippen LogP contribution in [0.2, 0.25) is 0 Å². The maximum absolute atomic E-state index is 11.9. The molecule has 0 saturated heterocycles. The van der Waals surface area contributed by atoms with E-state index in [1.54, 1.807) is 31.2 Å². The zero-order chi connectivity index (χ0) is 15.2. The van der Waals surface area contributed by atoms with Crippen molar-refractivity contribution in [3.63, 3.8) is 0 Å². The number of nitrogens with zero attached hydrogens (tertiary/aromatic N) is 4. The second-order valence-corrected chi connectivity index (χ2v) is 4.71. The van der Waals surface area contributed by atoms with Crippen LogP contribution < -0.4 is 5.32 Å². The molecule has 21 heavy (non-hydrogen) atoms. The van der Waals surface area contributed by atoms with Crippen LogP contribution in [0.15, 0.2) is 30.6 Å². The van der Waals surface area contributed by atoms with Crippen LogP contribution in [-0.4, -0.2) is 43.7 Å². The molecule has 0 bridgehead atoms. The number of hydrogen-bond donors (Lipinski definition) is 2. The molecular weight excluding hydrogens is 274 g/mol. The highest BCUT2D eigenvalue weighted by atomic mass is 16.4. The van der Waals surface area contributed by atoms with Crippen LogP contribution in [0.25, 0.3) is 5.69 Å². The Labute approximate surface area is 120 Å². The number of amides is 1. The molecule has 0 spiro atoms. The lowest BCUT2D eigenvalue weighted by Crippen LogP contribution is -2.29. The van der Waals surface area contributed by atoms with Crippen LogP contribution in [0.3, 0.4) is 0 Å². The first-order valence-electron chi connectivity index (χ1n) is 6.39. The molecule has 0 fully saturated rings.